The Bertz CT molecular complexity index is 475. The molecule has 15 heavy (non-hydrogen) atoms. The highest BCUT2D eigenvalue weighted by atomic mass is 16.1. The minimum absolute atomic E-state index is 0.0606. The van der Waals surface area contributed by atoms with Crippen molar-refractivity contribution in [1.29, 1.82) is 0 Å². The van der Waals surface area contributed by atoms with Crippen LogP contribution in [-0.4, -0.2) is 22.4 Å². The summed E-state index contributed by atoms with van der Waals surface area (Å²) >= 11 is 0. The zero-order valence-corrected chi connectivity index (χ0v) is 8.58. The lowest BCUT2D eigenvalue weighted by Crippen LogP contribution is -2.24. The van der Waals surface area contributed by atoms with Crippen molar-refractivity contribution in [2.75, 3.05) is 6.54 Å². The second-order valence-electron chi connectivity index (χ2n) is 3.36. The van der Waals surface area contributed by atoms with Gasteiger partial charge in [-0.15, -0.1) is 0 Å². The van der Waals surface area contributed by atoms with Crippen molar-refractivity contribution in [1.82, 2.24) is 15.3 Å². The average molecular weight is 203 g/mol. The quantitative estimate of drug-likeness (QED) is 0.797. The normalized spacial score (nSPS) is 10.5. The molecule has 4 heteroatoms. The fourth-order valence-corrected chi connectivity index (χ4v) is 1.48. The van der Waals surface area contributed by atoms with Gasteiger partial charge in [-0.05, 0) is 18.6 Å². The van der Waals surface area contributed by atoms with Crippen molar-refractivity contribution in [3.05, 3.63) is 30.1 Å². The van der Waals surface area contributed by atoms with E-state index < -0.39 is 0 Å². The number of imidazole rings is 1. The highest BCUT2D eigenvalue weighted by Gasteiger charge is 2.10. The zero-order chi connectivity index (χ0) is 10.7. The summed E-state index contributed by atoms with van der Waals surface area (Å²) in [6, 6.07) is 5.54. The Morgan fingerprint density at radius 3 is 3.20 bits per heavy atom. The molecule has 2 rings (SSSR count). The van der Waals surface area contributed by atoms with Crippen LogP contribution in [0.25, 0.3) is 11.0 Å². The Balaban J connectivity index is 2.34. The van der Waals surface area contributed by atoms with E-state index in [0.717, 1.165) is 17.5 Å². The van der Waals surface area contributed by atoms with Crippen LogP contribution in [-0.2, 0) is 0 Å². The van der Waals surface area contributed by atoms with Gasteiger partial charge in [0.05, 0.1) is 17.4 Å². The SMILES string of the molecule is CCCNC(=O)c1cccc2[nH]cnc12. The molecule has 0 saturated carbocycles. The van der Waals surface area contributed by atoms with E-state index in [-0.39, 0.29) is 5.91 Å². The Morgan fingerprint density at radius 2 is 2.40 bits per heavy atom. The predicted octanol–water partition coefficient (Wildman–Crippen LogP) is 1.70. The Hall–Kier alpha value is -1.84. The van der Waals surface area contributed by atoms with Crippen molar-refractivity contribution < 1.29 is 4.79 Å². The van der Waals surface area contributed by atoms with E-state index in [1.807, 2.05) is 19.1 Å². The number of para-hydroxylation sites is 1. The first-order chi connectivity index (χ1) is 7.33. The molecule has 78 valence electrons. The van der Waals surface area contributed by atoms with Gasteiger partial charge in [0, 0.05) is 6.54 Å². The smallest absolute Gasteiger partial charge is 0.253 e. The number of carbonyl (C=O) groups is 1. The van der Waals surface area contributed by atoms with Crippen LogP contribution in [0.3, 0.4) is 0 Å². The van der Waals surface area contributed by atoms with Gasteiger partial charge in [-0.1, -0.05) is 13.0 Å². The Morgan fingerprint density at radius 1 is 1.53 bits per heavy atom. The van der Waals surface area contributed by atoms with Crippen LogP contribution in [0.15, 0.2) is 24.5 Å². The number of aromatic nitrogens is 2. The fourth-order valence-electron chi connectivity index (χ4n) is 1.48. The average Bonchev–Trinajstić information content (AvgIpc) is 2.73. The predicted molar refractivity (Wildman–Crippen MR) is 58.7 cm³/mol. The van der Waals surface area contributed by atoms with Gasteiger partial charge in [-0.3, -0.25) is 4.79 Å². The van der Waals surface area contributed by atoms with Crippen molar-refractivity contribution >= 4 is 16.9 Å². The molecule has 0 saturated heterocycles. The number of carbonyl (C=O) groups excluding carboxylic acids is 1. The minimum Gasteiger partial charge on any atom is -0.352 e. The van der Waals surface area contributed by atoms with Gasteiger partial charge in [-0.2, -0.15) is 0 Å². The van der Waals surface area contributed by atoms with Gasteiger partial charge in [0.2, 0.25) is 0 Å². The van der Waals surface area contributed by atoms with E-state index in [1.54, 1.807) is 12.4 Å². The van der Waals surface area contributed by atoms with Crippen LogP contribution in [0.4, 0.5) is 0 Å². The van der Waals surface area contributed by atoms with E-state index in [0.29, 0.717) is 12.1 Å². The lowest BCUT2D eigenvalue weighted by atomic mass is 10.1. The van der Waals surface area contributed by atoms with Crippen LogP contribution in [0.5, 0.6) is 0 Å². The van der Waals surface area contributed by atoms with Gasteiger partial charge in [-0.25, -0.2) is 4.98 Å². The first-order valence-electron chi connectivity index (χ1n) is 5.03. The molecule has 2 N–H and O–H groups in total. The number of benzene rings is 1. The molecular weight excluding hydrogens is 190 g/mol. The third-order valence-electron chi connectivity index (χ3n) is 2.23. The van der Waals surface area contributed by atoms with Crippen molar-refractivity contribution in [3.8, 4) is 0 Å². The Kier molecular flexibility index (Phi) is 2.67. The van der Waals surface area contributed by atoms with E-state index in [2.05, 4.69) is 15.3 Å². The van der Waals surface area contributed by atoms with Crippen LogP contribution in [0.2, 0.25) is 0 Å². The van der Waals surface area contributed by atoms with Gasteiger partial charge in [0.1, 0.15) is 5.52 Å². The third-order valence-corrected chi connectivity index (χ3v) is 2.23. The summed E-state index contributed by atoms with van der Waals surface area (Å²) in [6.45, 7) is 2.72. The monoisotopic (exact) mass is 203 g/mol. The number of fused-ring (bicyclic) bond motifs is 1. The molecule has 2 aromatic rings. The van der Waals surface area contributed by atoms with Gasteiger partial charge < -0.3 is 10.3 Å². The van der Waals surface area contributed by atoms with E-state index in [4.69, 9.17) is 0 Å². The number of aromatic amines is 1. The first kappa shape index (κ1) is 9.71. The molecule has 0 aliphatic heterocycles. The van der Waals surface area contributed by atoms with E-state index >= 15 is 0 Å². The maximum atomic E-state index is 11.8. The molecule has 0 aliphatic carbocycles. The number of H-pyrrole nitrogens is 1. The van der Waals surface area contributed by atoms with Crippen LogP contribution < -0.4 is 5.32 Å². The summed E-state index contributed by atoms with van der Waals surface area (Å²) in [5, 5.41) is 2.84. The summed E-state index contributed by atoms with van der Waals surface area (Å²) in [5.41, 5.74) is 2.24. The second kappa shape index (κ2) is 4.13. The first-order valence-corrected chi connectivity index (χ1v) is 5.03. The molecule has 0 atom stereocenters. The minimum atomic E-state index is -0.0606. The van der Waals surface area contributed by atoms with E-state index in [9.17, 15) is 4.79 Å². The molecule has 0 radical (unpaired) electrons. The van der Waals surface area contributed by atoms with Crippen molar-refractivity contribution in [2.45, 2.75) is 13.3 Å². The number of rotatable bonds is 3. The van der Waals surface area contributed by atoms with Crippen LogP contribution in [0, 0.1) is 0 Å². The van der Waals surface area contributed by atoms with Crippen molar-refractivity contribution in [2.24, 2.45) is 0 Å². The molecule has 1 heterocycles. The van der Waals surface area contributed by atoms with Gasteiger partial charge >= 0.3 is 0 Å². The molecule has 4 nitrogen and oxygen atoms in total. The standard InChI is InChI=1S/C11H13N3O/c1-2-6-12-11(15)8-4-3-5-9-10(8)14-7-13-9/h3-5,7H,2,6H2,1H3,(H,12,15)(H,13,14). The molecule has 0 aliphatic rings. The molecule has 1 aromatic heterocycles. The fraction of sp³-hybridized carbons (Fsp3) is 0.273. The highest BCUT2D eigenvalue weighted by molar-refractivity contribution is 6.04. The number of hydrogen-bond donors (Lipinski definition) is 2. The topological polar surface area (TPSA) is 57.8 Å². The molecule has 0 spiro atoms. The number of amides is 1. The highest BCUT2D eigenvalue weighted by Crippen LogP contribution is 2.13. The number of nitrogens with one attached hydrogen (secondary N) is 2. The van der Waals surface area contributed by atoms with Crippen LogP contribution >= 0.6 is 0 Å². The number of hydrogen-bond acceptors (Lipinski definition) is 2. The van der Waals surface area contributed by atoms with Gasteiger partial charge in [0.25, 0.3) is 5.91 Å². The largest absolute Gasteiger partial charge is 0.352 e. The Labute approximate surface area is 87.7 Å². The molecular formula is C11H13N3O. The van der Waals surface area contributed by atoms with Gasteiger partial charge in [0.15, 0.2) is 0 Å². The second-order valence-corrected chi connectivity index (χ2v) is 3.36. The lowest BCUT2D eigenvalue weighted by Gasteiger charge is -2.03. The molecule has 0 fully saturated rings. The summed E-state index contributed by atoms with van der Waals surface area (Å²) in [4.78, 5) is 18.9. The lowest BCUT2D eigenvalue weighted by molar-refractivity contribution is 0.0955. The van der Waals surface area contributed by atoms with Crippen LogP contribution in [0.1, 0.15) is 23.7 Å². The summed E-state index contributed by atoms with van der Waals surface area (Å²) in [6.07, 6.45) is 2.53. The summed E-state index contributed by atoms with van der Waals surface area (Å²) in [7, 11) is 0. The zero-order valence-electron chi connectivity index (χ0n) is 8.58. The molecule has 0 unspecified atom stereocenters. The van der Waals surface area contributed by atoms with E-state index in [1.165, 1.54) is 0 Å². The summed E-state index contributed by atoms with van der Waals surface area (Å²) < 4.78 is 0. The molecule has 1 amide bonds. The number of nitrogens with zero attached hydrogens (tertiary/aromatic N) is 1. The maximum Gasteiger partial charge on any atom is 0.253 e. The maximum absolute atomic E-state index is 11.8. The molecule has 0 bridgehead atoms. The summed E-state index contributed by atoms with van der Waals surface area (Å²) in [5.74, 6) is -0.0606. The van der Waals surface area contributed by atoms with Crippen molar-refractivity contribution in [3.63, 3.8) is 0 Å². The molecule has 1 aromatic carbocycles. The third kappa shape index (κ3) is 1.83.